The van der Waals surface area contributed by atoms with Crippen molar-refractivity contribution in [2.24, 2.45) is 0 Å². The zero-order valence-corrected chi connectivity index (χ0v) is 14.7. The van der Waals surface area contributed by atoms with Gasteiger partial charge in [0.25, 0.3) is 0 Å². The maximum absolute atomic E-state index is 12.1. The molecular formula is C20H19N5O. The number of nitriles is 1. The lowest BCUT2D eigenvalue weighted by Crippen LogP contribution is -2.28. The van der Waals surface area contributed by atoms with Crippen LogP contribution in [0.5, 0.6) is 0 Å². The standard InChI is InChI=1S/C20H19N5O/c1-14-19(15(2)25(24-14)18-6-4-3-5-7-18)13-22-20(26)23-17-10-8-16(12-21)9-11-17/h3-11H,13H2,1-2H3,(H2,22,23,26). The number of nitrogens with zero attached hydrogens (tertiary/aromatic N) is 3. The van der Waals surface area contributed by atoms with Crippen LogP contribution in [0.1, 0.15) is 22.5 Å². The Morgan fingerprint density at radius 2 is 1.81 bits per heavy atom. The Morgan fingerprint density at radius 1 is 1.12 bits per heavy atom. The van der Waals surface area contributed by atoms with Crippen LogP contribution in [-0.2, 0) is 6.54 Å². The van der Waals surface area contributed by atoms with Gasteiger partial charge in [0.15, 0.2) is 0 Å². The van der Waals surface area contributed by atoms with E-state index in [2.05, 4.69) is 15.7 Å². The molecule has 3 rings (SSSR count). The Hall–Kier alpha value is -3.59. The minimum absolute atomic E-state index is 0.305. The molecule has 6 heteroatoms. The minimum Gasteiger partial charge on any atom is -0.334 e. The van der Waals surface area contributed by atoms with Gasteiger partial charge in [-0.25, -0.2) is 9.48 Å². The Morgan fingerprint density at radius 3 is 2.46 bits per heavy atom. The normalized spacial score (nSPS) is 10.2. The first-order chi connectivity index (χ1) is 12.6. The third-order valence-electron chi connectivity index (χ3n) is 4.14. The lowest BCUT2D eigenvalue weighted by Gasteiger charge is -2.09. The molecule has 0 aliphatic rings. The first-order valence-electron chi connectivity index (χ1n) is 8.24. The van der Waals surface area contributed by atoms with Gasteiger partial charge in [-0.15, -0.1) is 0 Å². The number of benzene rings is 2. The maximum Gasteiger partial charge on any atom is 0.319 e. The smallest absolute Gasteiger partial charge is 0.319 e. The van der Waals surface area contributed by atoms with Gasteiger partial charge in [-0.05, 0) is 50.2 Å². The van der Waals surface area contributed by atoms with Crippen molar-refractivity contribution in [2.45, 2.75) is 20.4 Å². The zero-order valence-electron chi connectivity index (χ0n) is 14.7. The molecule has 0 saturated carbocycles. The predicted octanol–water partition coefficient (Wildman–Crippen LogP) is 3.68. The molecule has 0 unspecified atom stereocenters. The second-order valence-electron chi connectivity index (χ2n) is 5.89. The molecule has 2 aromatic carbocycles. The van der Waals surface area contributed by atoms with Gasteiger partial charge in [0.05, 0.1) is 23.0 Å². The Labute approximate surface area is 152 Å². The highest BCUT2D eigenvalue weighted by atomic mass is 16.2. The van der Waals surface area contributed by atoms with E-state index in [4.69, 9.17) is 5.26 Å². The summed E-state index contributed by atoms with van der Waals surface area (Å²) >= 11 is 0. The Balaban J connectivity index is 1.67. The number of anilines is 1. The van der Waals surface area contributed by atoms with Crippen LogP contribution in [-0.4, -0.2) is 15.8 Å². The maximum atomic E-state index is 12.1. The van der Waals surface area contributed by atoms with Crippen molar-refractivity contribution >= 4 is 11.7 Å². The number of hydrogen-bond donors (Lipinski definition) is 2. The van der Waals surface area contributed by atoms with E-state index in [0.717, 1.165) is 22.6 Å². The highest BCUT2D eigenvalue weighted by Crippen LogP contribution is 2.17. The average molecular weight is 345 g/mol. The van der Waals surface area contributed by atoms with Gasteiger partial charge in [0, 0.05) is 23.5 Å². The number of aryl methyl sites for hydroxylation is 1. The fraction of sp³-hybridized carbons (Fsp3) is 0.150. The van der Waals surface area contributed by atoms with Gasteiger partial charge in [-0.3, -0.25) is 0 Å². The molecular weight excluding hydrogens is 326 g/mol. The number of amides is 2. The Bertz CT molecular complexity index is 952. The third kappa shape index (κ3) is 3.73. The molecule has 6 nitrogen and oxygen atoms in total. The lowest BCUT2D eigenvalue weighted by molar-refractivity contribution is 0.251. The van der Waals surface area contributed by atoms with Gasteiger partial charge < -0.3 is 10.6 Å². The summed E-state index contributed by atoms with van der Waals surface area (Å²) < 4.78 is 1.88. The quantitative estimate of drug-likeness (QED) is 0.756. The molecule has 1 aromatic heterocycles. The highest BCUT2D eigenvalue weighted by molar-refractivity contribution is 5.89. The van der Waals surface area contributed by atoms with Gasteiger partial charge in [0.2, 0.25) is 0 Å². The number of urea groups is 1. The third-order valence-corrected chi connectivity index (χ3v) is 4.14. The summed E-state index contributed by atoms with van der Waals surface area (Å²) in [4.78, 5) is 12.1. The number of rotatable bonds is 4. The van der Waals surface area contributed by atoms with E-state index in [-0.39, 0.29) is 6.03 Å². The van der Waals surface area contributed by atoms with Gasteiger partial charge >= 0.3 is 6.03 Å². The number of aromatic nitrogens is 2. The number of carbonyl (C=O) groups excluding carboxylic acids is 1. The molecule has 2 amide bonds. The summed E-state index contributed by atoms with van der Waals surface area (Å²) in [6.07, 6.45) is 0. The summed E-state index contributed by atoms with van der Waals surface area (Å²) in [5, 5.41) is 19.0. The summed E-state index contributed by atoms with van der Waals surface area (Å²) in [7, 11) is 0. The highest BCUT2D eigenvalue weighted by Gasteiger charge is 2.13. The molecule has 0 aliphatic carbocycles. The molecule has 0 radical (unpaired) electrons. The number of para-hydroxylation sites is 1. The van der Waals surface area contributed by atoms with Gasteiger partial charge in [0.1, 0.15) is 0 Å². The van der Waals surface area contributed by atoms with Crippen molar-refractivity contribution in [3.05, 3.63) is 77.1 Å². The Kier molecular flexibility index (Phi) is 4.99. The molecule has 2 N–H and O–H groups in total. The summed E-state index contributed by atoms with van der Waals surface area (Å²) in [5.74, 6) is 0. The lowest BCUT2D eigenvalue weighted by atomic mass is 10.2. The van der Waals surface area contributed by atoms with Crippen LogP contribution in [0.2, 0.25) is 0 Å². The monoisotopic (exact) mass is 345 g/mol. The molecule has 3 aromatic rings. The first kappa shape index (κ1) is 17.2. The van der Waals surface area contributed by atoms with E-state index in [1.807, 2.05) is 54.9 Å². The van der Waals surface area contributed by atoms with Crippen molar-refractivity contribution in [3.8, 4) is 11.8 Å². The minimum atomic E-state index is -0.305. The van der Waals surface area contributed by atoms with Crippen LogP contribution < -0.4 is 10.6 Å². The van der Waals surface area contributed by atoms with Crippen molar-refractivity contribution < 1.29 is 4.79 Å². The second kappa shape index (κ2) is 7.53. The van der Waals surface area contributed by atoms with Crippen LogP contribution in [0.3, 0.4) is 0 Å². The summed E-state index contributed by atoms with van der Waals surface area (Å²) in [6, 6.07) is 18.3. The molecule has 130 valence electrons. The zero-order chi connectivity index (χ0) is 18.5. The van der Waals surface area contributed by atoms with E-state index in [0.29, 0.717) is 17.8 Å². The van der Waals surface area contributed by atoms with Crippen molar-refractivity contribution in [3.63, 3.8) is 0 Å². The van der Waals surface area contributed by atoms with E-state index in [1.54, 1.807) is 24.3 Å². The second-order valence-corrected chi connectivity index (χ2v) is 5.89. The predicted molar refractivity (Wildman–Crippen MR) is 100 cm³/mol. The van der Waals surface area contributed by atoms with Crippen LogP contribution in [0, 0.1) is 25.2 Å². The van der Waals surface area contributed by atoms with E-state index < -0.39 is 0 Å². The average Bonchev–Trinajstić information content (AvgIpc) is 2.95. The molecule has 0 atom stereocenters. The SMILES string of the molecule is Cc1nn(-c2ccccc2)c(C)c1CNC(=O)Nc1ccc(C#N)cc1. The number of hydrogen-bond acceptors (Lipinski definition) is 3. The van der Waals surface area contributed by atoms with Crippen molar-refractivity contribution in [1.82, 2.24) is 15.1 Å². The molecule has 0 bridgehead atoms. The van der Waals surface area contributed by atoms with Crippen LogP contribution in [0.15, 0.2) is 54.6 Å². The fourth-order valence-corrected chi connectivity index (χ4v) is 2.72. The molecule has 0 spiro atoms. The van der Waals surface area contributed by atoms with Crippen molar-refractivity contribution in [2.75, 3.05) is 5.32 Å². The molecule has 0 saturated heterocycles. The van der Waals surface area contributed by atoms with Crippen LogP contribution in [0.25, 0.3) is 5.69 Å². The molecule has 26 heavy (non-hydrogen) atoms. The molecule has 0 fully saturated rings. The van der Waals surface area contributed by atoms with Crippen LogP contribution in [0.4, 0.5) is 10.5 Å². The van der Waals surface area contributed by atoms with Gasteiger partial charge in [-0.1, -0.05) is 18.2 Å². The fourth-order valence-electron chi connectivity index (χ4n) is 2.72. The summed E-state index contributed by atoms with van der Waals surface area (Å²) in [5.41, 5.74) is 5.04. The van der Waals surface area contributed by atoms with Crippen molar-refractivity contribution in [1.29, 1.82) is 5.26 Å². The van der Waals surface area contributed by atoms with E-state index >= 15 is 0 Å². The largest absolute Gasteiger partial charge is 0.334 e. The molecule has 1 heterocycles. The summed E-state index contributed by atoms with van der Waals surface area (Å²) in [6.45, 7) is 4.30. The van der Waals surface area contributed by atoms with E-state index in [1.165, 1.54) is 0 Å². The topological polar surface area (TPSA) is 82.7 Å². The van der Waals surface area contributed by atoms with Gasteiger partial charge in [-0.2, -0.15) is 10.4 Å². The van der Waals surface area contributed by atoms with Crippen LogP contribution >= 0.6 is 0 Å². The number of carbonyl (C=O) groups is 1. The van der Waals surface area contributed by atoms with E-state index in [9.17, 15) is 4.79 Å². The first-order valence-corrected chi connectivity index (χ1v) is 8.24. The number of nitrogens with one attached hydrogen (secondary N) is 2. The molecule has 0 aliphatic heterocycles.